The lowest BCUT2D eigenvalue weighted by Crippen LogP contribution is -2.26. The molecule has 0 unspecified atom stereocenters. The topological polar surface area (TPSA) is 35.2 Å². The molecule has 0 aliphatic rings. The van der Waals surface area contributed by atoms with Gasteiger partial charge in [0.25, 0.3) is 0 Å². The number of methoxy groups -OCH3 is 1. The molecule has 0 amide bonds. The van der Waals surface area contributed by atoms with E-state index in [4.69, 9.17) is 10.5 Å². The largest absolute Gasteiger partial charge is 0.497 e. The van der Waals surface area contributed by atoms with Crippen LogP contribution in [0.3, 0.4) is 0 Å². The SMILES string of the molecule is COc1ccc(Br)c([C@H](N)C(C)(C)C)c1. The average Bonchev–Trinajstić information content (AvgIpc) is 2.16. The minimum absolute atomic E-state index is 0.0121. The van der Waals surface area contributed by atoms with Crippen molar-refractivity contribution in [1.29, 1.82) is 0 Å². The first-order valence-electron chi connectivity index (χ1n) is 4.95. The van der Waals surface area contributed by atoms with Crippen LogP contribution >= 0.6 is 15.9 Å². The van der Waals surface area contributed by atoms with Crippen LogP contribution in [0.25, 0.3) is 0 Å². The lowest BCUT2D eigenvalue weighted by Gasteiger charge is -2.28. The number of hydrogen-bond acceptors (Lipinski definition) is 2. The highest BCUT2D eigenvalue weighted by Gasteiger charge is 2.24. The summed E-state index contributed by atoms with van der Waals surface area (Å²) < 4.78 is 6.23. The Hall–Kier alpha value is -0.540. The van der Waals surface area contributed by atoms with Crippen LogP contribution < -0.4 is 10.5 Å². The number of hydrogen-bond donors (Lipinski definition) is 1. The molecular formula is C12H18BrNO. The van der Waals surface area contributed by atoms with E-state index in [-0.39, 0.29) is 11.5 Å². The van der Waals surface area contributed by atoms with Crippen LogP contribution in [0.1, 0.15) is 32.4 Å². The van der Waals surface area contributed by atoms with E-state index in [0.717, 1.165) is 15.8 Å². The number of ether oxygens (including phenoxy) is 1. The molecule has 3 heteroatoms. The first-order chi connectivity index (χ1) is 6.86. The second-order valence-corrected chi connectivity index (χ2v) is 5.59. The van der Waals surface area contributed by atoms with Gasteiger partial charge in [0, 0.05) is 10.5 Å². The second kappa shape index (κ2) is 4.54. The first kappa shape index (κ1) is 12.5. The standard InChI is InChI=1S/C12H18BrNO/c1-12(2,3)11(14)9-7-8(15-4)5-6-10(9)13/h5-7,11H,14H2,1-4H3/t11-/m0/s1. The van der Waals surface area contributed by atoms with Gasteiger partial charge >= 0.3 is 0 Å². The van der Waals surface area contributed by atoms with E-state index in [1.807, 2.05) is 18.2 Å². The van der Waals surface area contributed by atoms with E-state index < -0.39 is 0 Å². The van der Waals surface area contributed by atoms with Gasteiger partial charge in [-0.25, -0.2) is 0 Å². The highest BCUT2D eigenvalue weighted by Crippen LogP contribution is 2.36. The fourth-order valence-electron chi connectivity index (χ4n) is 1.35. The Labute approximate surface area is 99.9 Å². The van der Waals surface area contributed by atoms with E-state index >= 15 is 0 Å². The van der Waals surface area contributed by atoms with Crippen molar-refractivity contribution in [1.82, 2.24) is 0 Å². The quantitative estimate of drug-likeness (QED) is 0.894. The Morgan fingerprint density at radius 2 is 1.93 bits per heavy atom. The van der Waals surface area contributed by atoms with Gasteiger partial charge in [-0.05, 0) is 29.2 Å². The third kappa shape index (κ3) is 2.95. The van der Waals surface area contributed by atoms with Gasteiger partial charge in [-0.2, -0.15) is 0 Å². The van der Waals surface area contributed by atoms with Crippen LogP contribution in [-0.2, 0) is 0 Å². The smallest absolute Gasteiger partial charge is 0.119 e. The molecule has 2 nitrogen and oxygen atoms in total. The summed E-state index contributed by atoms with van der Waals surface area (Å²) in [6, 6.07) is 5.87. The molecule has 0 spiro atoms. The summed E-state index contributed by atoms with van der Waals surface area (Å²) in [5.74, 6) is 0.841. The van der Waals surface area contributed by atoms with Gasteiger partial charge in [0.15, 0.2) is 0 Å². The van der Waals surface area contributed by atoms with E-state index in [9.17, 15) is 0 Å². The minimum atomic E-state index is -0.0121. The summed E-state index contributed by atoms with van der Waals surface area (Å²) in [5, 5.41) is 0. The van der Waals surface area contributed by atoms with Gasteiger partial charge in [-0.15, -0.1) is 0 Å². The predicted octanol–water partition coefficient (Wildman–Crippen LogP) is 3.50. The van der Waals surface area contributed by atoms with Crippen LogP contribution in [0.15, 0.2) is 22.7 Å². The first-order valence-corrected chi connectivity index (χ1v) is 5.74. The summed E-state index contributed by atoms with van der Waals surface area (Å²) in [7, 11) is 1.66. The monoisotopic (exact) mass is 271 g/mol. The van der Waals surface area contributed by atoms with Gasteiger partial charge in [0.1, 0.15) is 5.75 Å². The zero-order valence-corrected chi connectivity index (χ0v) is 11.3. The summed E-state index contributed by atoms with van der Waals surface area (Å²) in [5.41, 5.74) is 7.33. The summed E-state index contributed by atoms with van der Waals surface area (Å²) >= 11 is 3.52. The molecule has 0 fully saturated rings. The number of nitrogens with two attached hydrogens (primary N) is 1. The molecule has 0 aliphatic heterocycles. The normalized spacial score (nSPS) is 13.7. The molecule has 0 saturated heterocycles. The maximum absolute atomic E-state index is 6.21. The van der Waals surface area contributed by atoms with E-state index in [1.165, 1.54) is 0 Å². The summed E-state index contributed by atoms with van der Waals surface area (Å²) in [6.45, 7) is 6.39. The number of benzene rings is 1. The molecule has 2 N–H and O–H groups in total. The lowest BCUT2D eigenvalue weighted by molar-refractivity contribution is 0.324. The third-order valence-corrected chi connectivity index (χ3v) is 3.19. The molecular weight excluding hydrogens is 254 g/mol. The van der Waals surface area contributed by atoms with Crippen molar-refractivity contribution >= 4 is 15.9 Å². The maximum Gasteiger partial charge on any atom is 0.119 e. The van der Waals surface area contributed by atoms with Crippen LogP contribution in [0.5, 0.6) is 5.75 Å². The molecule has 1 aromatic rings. The van der Waals surface area contributed by atoms with Crippen LogP contribution in [0.2, 0.25) is 0 Å². The van der Waals surface area contributed by atoms with Crippen molar-refractivity contribution in [3.8, 4) is 5.75 Å². The number of halogens is 1. The zero-order valence-electron chi connectivity index (χ0n) is 9.67. The Morgan fingerprint density at radius 1 is 1.33 bits per heavy atom. The van der Waals surface area contributed by atoms with E-state index in [1.54, 1.807) is 7.11 Å². The van der Waals surface area contributed by atoms with Crippen molar-refractivity contribution in [2.24, 2.45) is 11.1 Å². The molecule has 0 saturated carbocycles. The highest BCUT2D eigenvalue weighted by molar-refractivity contribution is 9.10. The fraction of sp³-hybridized carbons (Fsp3) is 0.500. The molecule has 1 atom stereocenters. The molecule has 0 radical (unpaired) electrons. The molecule has 15 heavy (non-hydrogen) atoms. The second-order valence-electron chi connectivity index (χ2n) is 4.73. The van der Waals surface area contributed by atoms with Crippen molar-refractivity contribution in [2.75, 3.05) is 7.11 Å². The molecule has 0 heterocycles. The summed E-state index contributed by atoms with van der Waals surface area (Å²) in [6.07, 6.45) is 0. The van der Waals surface area contributed by atoms with Crippen molar-refractivity contribution in [2.45, 2.75) is 26.8 Å². The Balaban J connectivity index is 3.12. The van der Waals surface area contributed by atoms with Gasteiger partial charge < -0.3 is 10.5 Å². The summed E-state index contributed by atoms with van der Waals surface area (Å²) in [4.78, 5) is 0. The van der Waals surface area contributed by atoms with Crippen molar-refractivity contribution in [3.63, 3.8) is 0 Å². The third-order valence-electron chi connectivity index (χ3n) is 2.47. The number of rotatable bonds is 2. The Kier molecular flexibility index (Phi) is 3.79. The average molecular weight is 272 g/mol. The van der Waals surface area contributed by atoms with Crippen molar-refractivity contribution in [3.05, 3.63) is 28.2 Å². The van der Waals surface area contributed by atoms with Gasteiger partial charge in [0.05, 0.1) is 7.11 Å². The fourth-order valence-corrected chi connectivity index (χ4v) is 1.85. The van der Waals surface area contributed by atoms with E-state index in [0.29, 0.717) is 0 Å². The van der Waals surface area contributed by atoms with Gasteiger partial charge in [-0.1, -0.05) is 36.7 Å². The Bertz CT molecular complexity index is 344. The molecule has 0 aliphatic carbocycles. The lowest BCUT2D eigenvalue weighted by atomic mass is 9.83. The maximum atomic E-state index is 6.21. The molecule has 0 aromatic heterocycles. The van der Waals surface area contributed by atoms with E-state index in [2.05, 4.69) is 36.7 Å². The molecule has 1 aromatic carbocycles. The predicted molar refractivity (Wildman–Crippen MR) is 67.1 cm³/mol. The molecule has 1 rings (SSSR count). The molecule has 0 bridgehead atoms. The zero-order chi connectivity index (χ0) is 11.6. The van der Waals surface area contributed by atoms with Gasteiger partial charge in [-0.3, -0.25) is 0 Å². The van der Waals surface area contributed by atoms with Crippen LogP contribution in [0, 0.1) is 5.41 Å². The molecule has 84 valence electrons. The minimum Gasteiger partial charge on any atom is -0.497 e. The Morgan fingerprint density at radius 3 is 2.40 bits per heavy atom. The highest BCUT2D eigenvalue weighted by atomic mass is 79.9. The van der Waals surface area contributed by atoms with Crippen molar-refractivity contribution < 1.29 is 4.74 Å². The van der Waals surface area contributed by atoms with Gasteiger partial charge in [0.2, 0.25) is 0 Å². The van der Waals surface area contributed by atoms with Crippen LogP contribution in [-0.4, -0.2) is 7.11 Å². The van der Waals surface area contributed by atoms with Crippen LogP contribution in [0.4, 0.5) is 0 Å².